The van der Waals surface area contributed by atoms with Gasteiger partial charge in [0.15, 0.2) is 11.5 Å². The van der Waals surface area contributed by atoms with Gasteiger partial charge >= 0.3 is 0 Å². The molecule has 1 aliphatic heterocycles. The average molecular weight is 483 g/mol. The number of nitrogens with zero attached hydrogens (tertiary/aromatic N) is 2. The summed E-state index contributed by atoms with van der Waals surface area (Å²) in [5.74, 6) is 1.43. The number of carbonyl (C=O) groups excluding carboxylic acids is 2. The van der Waals surface area contributed by atoms with Crippen LogP contribution in [-0.4, -0.2) is 55.2 Å². The van der Waals surface area contributed by atoms with E-state index in [9.17, 15) is 14.0 Å². The number of methoxy groups -OCH3 is 1. The van der Waals surface area contributed by atoms with E-state index in [1.165, 1.54) is 24.1 Å². The fraction of sp³-hybridized carbons (Fsp3) is 0.308. The van der Waals surface area contributed by atoms with Crippen molar-refractivity contribution >= 4 is 11.8 Å². The Kier molecular flexibility index (Phi) is 7.67. The number of halogens is 1. The summed E-state index contributed by atoms with van der Waals surface area (Å²) in [6.07, 6.45) is 0. The molecule has 0 saturated heterocycles. The molecule has 2 amide bonds. The van der Waals surface area contributed by atoms with Gasteiger partial charge in [-0.15, -0.1) is 0 Å². The number of hydrogen-bond donors (Lipinski definition) is 0. The topological polar surface area (TPSA) is 81.5 Å². The van der Waals surface area contributed by atoms with Crippen LogP contribution >= 0.6 is 0 Å². The van der Waals surface area contributed by atoms with Gasteiger partial charge in [0.2, 0.25) is 12.7 Å². The van der Waals surface area contributed by atoms with Gasteiger partial charge in [-0.1, -0.05) is 12.1 Å². The lowest BCUT2D eigenvalue weighted by Crippen LogP contribution is -2.43. The van der Waals surface area contributed by atoms with Gasteiger partial charge in [-0.2, -0.15) is 0 Å². The maximum absolute atomic E-state index is 13.5. The van der Waals surface area contributed by atoms with Gasteiger partial charge in [0.1, 0.15) is 23.9 Å². The number of carbonyl (C=O) groups is 2. The van der Waals surface area contributed by atoms with Crippen LogP contribution in [-0.2, 0) is 22.6 Å². The lowest BCUT2D eigenvalue weighted by atomic mass is 10.1. The lowest BCUT2D eigenvalue weighted by molar-refractivity contribution is -0.133. The first-order valence-corrected chi connectivity index (χ1v) is 11.2. The molecule has 1 aromatic heterocycles. The summed E-state index contributed by atoms with van der Waals surface area (Å²) in [4.78, 5) is 29.8. The Labute approximate surface area is 202 Å². The molecule has 0 N–H and O–H groups in total. The normalized spacial score (nSPS) is 12.0. The molecule has 184 valence electrons. The molecule has 0 saturated carbocycles. The molecule has 0 spiro atoms. The predicted molar refractivity (Wildman–Crippen MR) is 124 cm³/mol. The van der Waals surface area contributed by atoms with Crippen LogP contribution in [0, 0.1) is 12.7 Å². The zero-order valence-electron chi connectivity index (χ0n) is 19.7. The van der Waals surface area contributed by atoms with Crippen molar-refractivity contribution in [2.75, 3.05) is 33.6 Å². The molecule has 2 aromatic carbocycles. The van der Waals surface area contributed by atoms with Crippen LogP contribution in [0.1, 0.15) is 27.4 Å². The molecule has 8 nitrogen and oxygen atoms in total. The molecule has 2 heterocycles. The minimum absolute atomic E-state index is 0.101. The van der Waals surface area contributed by atoms with Crippen molar-refractivity contribution in [3.8, 4) is 11.5 Å². The van der Waals surface area contributed by atoms with Crippen molar-refractivity contribution in [2.24, 2.45) is 0 Å². The summed E-state index contributed by atoms with van der Waals surface area (Å²) in [5.41, 5.74) is 1.14. The molecule has 9 heteroatoms. The van der Waals surface area contributed by atoms with Gasteiger partial charge < -0.3 is 28.4 Å². The van der Waals surface area contributed by atoms with Crippen LogP contribution in [0.25, 0.3) is 0 Å². The third-order valence-electron chi connectivity index (χ3n) is 5.58. The summed E-state index contributed by atoms with van der Waals surface area (Å²) < 4.78 is 34.9. The van der Waals surface area contributed by atoms with Crippen molar-refractivity contribution in [2.45, 2.75) is 20.0 Å². The summed E-state index contributed by atoms with van der Waals surface area (Å²) >= 11 is 0. The summed E-state index contributed by atoms with van der Waals surface area (Å²) in [5, 5.41) is 0. The average Bonchev–Trinajstić information content (AvgIpc) is 3.50. The predicted octanol–water partition coefficient (Wildman–Crippen LogP) is 3.77. The summed E-state index contributed by atoms with van der Waals surface area (Å²) in [7, 11) is 1.53. The van der Waals surface area contributed by atoms with Gasteiger partial charge in [-0.05, 0) is 55.0 Å². The number of amides is 2. The van der Waals surface area contributed by atoms with E-state index >= 15 is 0 Å². The second kappa shape index (κ2) is 11.1. The Balaban J connectivity index is 1.53. The van der Waals surface area contributed by atoms with Crippen molar-refractivity contribution in [3.63, 3.8) is 0 Å². The Morgan fingerprint density at radius 1 is 0.971 bits per heavy atom. The number of aryl methyl sites for hydroxylation is 1. The lowest BCUT2D eigenvalue weighted by Gasteiger charge is -2.27. The zero-order valence-corrected chi connectivity index (χ0v) is 19.7. The Bertz CT molecular complexity index is 1180. The van der Waals surface area contributed by atoms with Crippen molar-refractivity contribution in [3.05, 3.63) is 83.1 Å². The molecule has 4 rings (SSSR count). The maximum atomic E-state index is 13.5. The highest BCUT2D eigenvalue weighted by atomic mass is 19.1. The second-order valence-corrected chi connectivity index (χ2v) is 8.18. The van der Waals surface area contributed by atoms with Crippen LogP contribution in [0.4, 0.5) is 4.39 Å². The molecule has 0 atom stereocenters. The molecule has 0 radical (unpaired) electrons. The van der Waals surface area contributed by atoms with E-state index in [0.29, 0.717) is 22.8 Å². The van der Waals surface area contributed by atoms with Crippen LogP contribution in [0.3, 0.4) is 0 Å². The largest absolute Gasteiger partial charge is 0.464 e. The third-order valence-corrected chi connectivity index (χ3v) is 5.58. The molecule has 0 bridgehead atoms. The van der Waals surface area contributed by atoms with E-state index in [0.717, 1.165) is 11.3 Å². The molecule has 3 aromatic rings. The zero-order chi connectivity index (χ0) is 24.8. The highest BCUT2D eigenvalue weighted by molar-refractivity contribution is 5.97. The van der Waals surface area contributed by atoms with Crippen molar-refractivity contribution in [1.82, 2.24) is 9.80 Å². The molecule has 0 aliphatic carbocycles. The third kappa shape index (κ3) is 6.19. The Hall–Kier alpha value is -3.85. The molecule has 0 unspecified atom stereocenters. The van der Waals surface area contributed by atoms with Gasteiger partial charge in [0.05, 0.1) is 13.2 Å². The van der Waals surface area contributed by atoms with E-state index in [1.807, 2.05) is 13.0 Å². The number of hydrogen-bond acceptors (Lipinski definition) is 6. The second-order valence-electron chi connectivity index (χ2n) is 8.18. The van der Waals surface area contributed by atoms with E-state index in [4.69, 9.17) is 18.6 Å². The number of benzene rings is 2. The standard InChI is InChI=1S/C26H27FN2O6/c1-18-3-9-22(35-18)15-29(14-19-4-7-21(27)8-5-19)25(30)16-28(11-12-32-2)26(31)20-6-10-23-24(13-20)34-17-33-23/h3-10,13H,11-12,14-17H2,1-2H3. The quantitative estimate of drug-likeness (QED) is 0.438. The number of fused-ring (bicyclic) bond motifs is 1. The molecule has 1 aliphatic rings. The molecule has 0 fully saturated rings. The Morgan fingerprint density at radius 3 is 2.46 bits per heavy atom. The number of ether oxygens (including phenoxy) is 3. The van der Waals surface area contributed by atoms with Crippen LogP contribution in [0.15, 0.2) is 59.0 Å². The first-order chi connectivity index (χ1) is 16.9. The molecular weight excluding hydrogens is 455 g/mol. The van der Waals surface area contributed by atoms with Crippen molar-refractivity contribution in [1.29, 1.82) is 0 Å². The van der Waals surface area contributed by atoms with Gasteiger partial charge in [0, 0.05) is 25.8 Å². The number of rotatable bonds is 10. The van der Waals surface area contributed by atoms with Gasteiger partial charge in [-0.25, -0.2) is 4.39 Å². The molecule has 35 heavy (non-hydrogen) atoms. The smallest absolute Gasteiger partial charge is 0.254 e. The SMILES string of the molecule is COCCN(CC(=O)N(Cc1ccc(F)cc1)Cc1ccc(C)o1)C(=O)c1ccc2c(c1)OCO2. The first-order valence-electron chi connectivity index (χ1n) is 11.2. The van der Waals surface area contributed by atoms with E-state index in [-0.39, 0.29) is 57.2 Å². The maximum Gasteiger partial charge on any atom is 0.254 e. The van der Waals surface area contributed by atoms with Crippen molar-refractivity contribution < 1.29 is 32.6 Å². The van der Waals surface area contributed by atoms with Crippen LogP contribution in [0.5, 0.6) is 11.5 Å². The molecular formula is C26H27FN2O6. The van der Waals surface area contributed by atoms with Gasteiger partial charge in [-0.3, -0.25) is 9.59 Å². The van der Waals surface area contributed by atoms with Crippen LogP contribution < -0.4 is 9.47 Å². The highest BCUT2D eigenvalue weighted by Crippen LogP contribution is 2.32. The minimum Gasteiger partial charge on any atom is -0.464 e. The minimum atomic E-state index is -0.353. The van der Waals surface area contributed by atoms with E-state index < -0.39 is 0 Å². The number of furan rings is 1. The monoisotopic (exact) mass is 482 g/mol. The van der Waals surface area contributed by atoms with Gasteiger partial charge in [0.25, 0.3) is 5.91 Å². The fourth-order valence-electron chi connectivity index (χ4n) is 3.73. The van der Waals surface area contributed by atoms with Crippen LogP contribution in [0.2, 0.25) is 0 Å². The highest BCUT2D eigenvalue weighted by Gasteiger charge is 2.25. The Morgan fingerprint density at radius 2 is 1.74 bits per heavy atom. The van der Waals surface area contributed by atoms with E-state index in [2.05, 4.69) is 0 Å². The summed E-state index contributed by atoms with van der Waals surface area (Å²) in [6.45, 7) is 2.68. The van der Waals surface area contributed by atoms with E-state index in [1.54, 1.807) is 41.3 Å². The summed E-state index contributed by atoms with van der Waals surface area (Å²) in [6, 6.07) is 14.5. The first kappa shape index (κ1) is 24.3. The fourth-order valence-corrected chi connectivity index (χ4v) is 3.73.